The first kappa shape index (κ1) is 13.8. The zero-order valence-corrected chi connectivity index (χ0v) is 8.77. The third kappa shape index (κ3) is 3.11. The SMILES string of the molecule is OCCCO[C@H]1O[C@H](CO)[C@@H](O)[C@H](O)[C@@H]1O. The van der Waals surface area contributed by atoms with Crippen LogP contribution in [0.5, 0.6) is 0 Å². The van der Waals surface area contributed by atoms with Crippen LogP contribution in [0.15, 0.2) is 0 Å². The quantitative estimate of drug-likeness (QED) is 0.328. The summed E-state index contributed by atoms with van der Waals surface area (Å²) in [5.74, 6) is 0. The van der Waals surface area contributed by atoms with E-state index in [2.05, 4.69) is 0 Å². The van der Waals surface area contributed by atoms with Gasteiger partial charge < -0.3 is 35.0 Å². The van der Waals surface area contributed by atoms with Gasteiger partial charge in [0, 0.05) is 6.61 Å². The molecule has 1 aliphatic heterocycles. The second kappa shape index (κ2) is 6.45. The van der Waals surface area contributed by atoms with Crippen LogP contribution in [-0.2, 0) is 9.47 Å². The Hall–Kier alpha value is -0.280. The molecule has 7 nitrogen and oxygen atoms in total. The van der Waals surface area contributed by atoms with E-state index in [-0.39, 0.29) is 13.2 Å². The Morgan fingerprint density at radius 1 is 1.00 bits per heavy atom. The number of aliphatic hydroxyl groups is 5. The first-order chi connectivity index (χ1) is 7.61. The largest absolute Gasteiger partial charge is 0.396 e. The third-order valence-corrected chi connectivity index (χ3v) is 2.43. The minimum absolute atomic E-state index is 0.0581. The Labute approximate surface area is 92.9 Å². The Kier molecular flexibility index (Phi) is 5.56. The Balaban J connectivity index is 2.50. The fourth-order valence-corrected chi connectivity index (χ4v) is 1.47. The maximum atomic E-state index is 9.52. The molecule has 7 heteroatoms. The Morgan fingerprint density at radius 2 is 1.69 bits per heavy atom. The highest BCUT2D eigenvalue weighted by Crippen LogP contribution is 2.21. The van der Waals surface area contributed by atoms with Crippen molar-refractivity contribution in [1.29, 1.82) is 0 Å². The number of hydrogen-bond donors (Lipinski definition) is 5. The second-order valence-electron chi connectivity index (χ2n) is 3.65. The van der Waals surface area contributed by atoms with Crippen molar-refractivity contribution in [2.45, 2.75) is 37.1 Å². The minimum Gasteiger partial charge on any atom is -0.396 e. The van der Waals surface area contributed by atoms with Gasteiger partial charge in [0.15, 0.2) is 6.29 Å². The van der Waals surface area contributed by atoms with Crippen LogP contribution in [0.3, 0.4) is 0 Å². The molecule has 5 atom stereocenters. The normalized spacial score (nSPS) is 39.9. The van der Waals surface area contributed by atoms with E-state index in [0.717, 1.165) is 0 Å². The molecular formula is C9H18O7. The van der Waals surface area contributed by atoms with Crippen molar-refractivity contribution in [2.75, 3.05) is 19.8 Å². The van der Waals surface area contributed by atoms with Crippen LogP contribution in [0.4, 0.5) is 0 Å². The van der Waals surface area contributed by atoms with Crippen LogP contribution >= 0.6 is 0 Å². The molecule has 0 saturated carbocycles. The maximum absolute atomic E-state index is 9.52. The van der Waals surface area contributed by atoms with E-state index in [1.165, 1.54) is 0 Å². The summed E-state index contributed by atoms with van der Waals surface area (Å²) in [6.07, 6.45) is -5.88. The van der Waals surface area contributed by atoms with Gasteiger partial charge in [-0.2, -0.15) is 0 Å². The number of rotatable bonds is 5. The number of hydrogen-bond acceptors (Lipinski definition) is 7. The highest BCUT2D eigenvalue weighted by atomic mass is 16.7. The van der Waals surface area contributed by atoms with Crippen LogP contribution in [0.25, 0.3) is 0 Å². The molecule has 1 heterocycles. The predicted octanol–water partition coefficient (Wildman–Crippen LogP) is -2.81. The van der Waals surface area contributed by atoms with Gasteiger partial charge in [-0.25, -0.2) is 0 Å². The van der Waals surface area contributed by atoms with Gasteiger partial charge in [-0.1, -0.05) is 0 Å². The standard InChI is InChI=1S/C9H18O7/c10-2-1-3-15-9-8(14)7(13)6(12)5(4-11)16-9/h5-14H,1-4H2/t5-,6-,7+,8+,9+/m1/s1. The summed E-state index contributed by atoms with van der Waals surface area (Å²) in [6.45, 7) is -0.387. The van der Waals surface area contributed by atoms with Gasteiger partial charge in [0.05, 0.1) is 13.2 Å². The molecule has 0 aromatic carbocycles. The fourth-order valence-electron chi connectivity index (χ4n) is 1.47. The zero-order chi connectivity index (χ0) is 12.1. The molecule has 0 spiro atoms. The first-order valence-electron chi connectivity index (χ1n) is 5.14. The van der Waals surface area contributed by atoms with E-state index in [1.807, 2.05) is 0 Å². The molecule has 0 bridgehead atoms. The predicted molar refractivity (Wildman–Crippen MR) is 51.4 cm³/mol. The maximum Gasteiger partial charge on any atom is 0.186 e. The van der Waals surface area contributed by atoms with Gasteiger partial charge in [-0.15, -0.1) is 0 Å². The summed E-state index contributed by atoms with van der Waals surface area (Å²) in [4.78, 5) is 0. The molecule has 16 heavy (non-hydrogen) atoms. The smallest absolute Gasteiger partial charge is 0.186 e. The van der Waals surface area contributed by atoms with Gasteiger partial charge in [-0.05, 0) is 6.42 Å². The number of ether oxygens (including phenoxy) is 2. The molecule has 5 N–H and O–H groups in total. The minimum atomic E-state index is -1.43. The van der Waals surface area contributed by atoms with E-state index in [4.69, 9.17) is 19.7 Å². The highest BCUT2D eigenvalue weighted by molar-refractivity contribution is 4.88. The van der Waals surface area contributed by atoms with Gasteiger partial charge in [0.25, 0.3) is 0 Å². The van der Waals surface area contributed by atoms with Crippen molar-refractivity contribution in [3.05, 3.63) is 0 Å². The molecule has 1 rings (SSSR count). The van der Waals surface area contributed by atoms with Crippen molar-refractivity contribution in [3.63, 3.8) is 0 Å². The molecule has 1 aliphatic rings. The monoisotopic (exact) mass is 238 g/mol. The molecule has 0 aliphatic carbocycles. The lowest BCUT2D eigenvalue weighted by molar-refractivity contribution is -0.301. The highest BCUT2D eigenvalue weighted by Gasteiger charge is 2.43. The topological polar surface area (TPSA) is 120 Å². The molecule has 96 valence electrons. The average Bonchev–Trinajstić information content (AvgIpc) is 2.29. The Morgan fingerprint density at radius 3 is 2.25 bits per heavy atom. The van der Waals surface area contributed by atoms with Crippen LogP contribution < -0.4 is 0 Å². The van der Waals surface area contributed by atoms with Crippen LogP contribution in [0, 0.1) is 0 Å². The lowest BCUT2D eigenvalue weighted by Crippen LogP contribution is -2.59. The van der Waals surface area contributed by atoms with Gasteiger partial charge in [-0.3, -0.25) is 0 Å². The summed E-state index contributed by atoms with van der Waals surface area (Å²) >= 11 is 0. The van der Waals surface area contributed by atoms with Gasteiger partial charge >= 0.3 is 0 Å². The van der Waals surface area contributed by atoms with Gasteiger partial charge in [0.2, 0.25) is 0 Å². The van der Waals surface area contributed by atoms with E-state index in [0.29, 0.717) is 6.42 Å². The van der Waals surface area contributed by atoms with Crippen molar-refractivity contribution < 1.29 is 35.0 Å². The zero-order valence-electron chi connectivity index (χ0n) is 8.77. The summed E-state index contributed by atoms with van der Waals surface area (Å²) in [5.41, 5.74) is 0. The third-order valence-electron chi connectivity index (χ3n) is 2.43. The second-order valence-corrected chi connectivity index (χ2v) is 3.65. The molecule has 1 saturated heterocycles. The van der Waals surface area contributed by atoms with Gasteiger partial charge in [0.1, 0.15) is 24.4 Å². The van der Waals surface area contributed by atoms with Crippen LogP contribution in [0.2, 0.25) is 0 Å². The molecule has 0 unspecified atom stereocenters. The lowest BCUT2D eigenvalue weighted by atomic mass is 9.99. The fraction of sp³-hybridized carbons (Fsp3) is 1.00. The summed E-state index contributed by atoms with van der Waals surface area (Å²) in [7, 11) is 0. The van der Waals surface area contributed by atoms with Crippen molar-refractivity contribution >= 4 is 0 Å². The molecular weight excluding hydrogens is 220 g/mol. The summed E-state index contributed by atoms with van der Waals surface area (Å²) < 4.78 is 10.1. The molecule has 1 fully saturated rings. The summed E-state index contributed by atoms with van der Waals surface area (Å²) in [5, 5.41) is 45.8. The van der Waals surface area contributed by atoms with Crippen molar-refractivity contribution in [1.82, 2.24) is 0 Å². The molecule has 0 aromatic rings. The van der Waals surface area contributed by atoms with E-state index in [9.17, 15) is 15.3 Å². The molecule has 0 amide bonds. The first-order valence-corrected chi connectivity index (χ1v) is 5.14. The lowest BCUT2D eigenvalue weighted by Gasteiger charge is -2.39. The average molecular weight is 238 g/mol. The van der Waals surface area contributed by atoms with E-state index < -0.39 is 37.3 Å². The van der Waals surface area contributed by atoms with E-state index in [1.54, 1.807) is 0 Å². The molecule has 0 radical (unpaired) electrons. The van der Waals surface area contributed by atoms with Crippen LogP contribution in [-0.4, -0.2) is 76.1 Å². The molecule has 0 aromatic heterocycles. The number of aliphatic hydroxyl groups excluding tert-OH is 5. The Bertz CT molecular complexity index is 198. The van der Waals surface area contributed by atoms with Crippen LogP contribution in [0.1, 0.15) is 6.42 Å². The van der Waals surface area contributed by atoms with Crippen molar-refractivity contribution in [2.24, 2.45) is 0 Å². The van der Waals surface area contributed by atoms with E-state index >= 15 is 0 Å². The summed E-state index contributed by atoms with van der Waals surface area (Å²) in [6, 6.07) is 0. The van der Waals surface area contributed by atoms with Crippen molar-refractivity contribution in [3.8, 4) is 0 Å².